The molecule has 34 heavy (non-hydrogen) atoms. The molecule has 1 aromatic carbocycles. The highest BCUT2D eigenvalue weighted by molar-refractivity contribution is 5.93. The highest BCUT2D eigenvalue weighted by Gasteiger charge is 2.10. The van der Waals surface area contributed by atoms with E-state index < -0.39 is 6.17 Å². The summed E-state index contributed by atoms with van der Waals surface area (Å²) in [5, 5.41) is 11.0. The summed E-state index contributed by atoms with van der Waals surface area (Å²) in [6.45, 7) is 6.63. The summed E-state index contributed by atoms with van der Waals surface area (Å²) in [5.74, 6) is 2.47. The molecule has 0 bridgehead atoms. The maximum Gasteiger partial charge on any atom is 0.194 e. The van der Waals surface area contributed by atoms with E-state index in [0.29, 0.717) is 34.9 Å². The molecular formula is C25H29FN6O2. The number of nitrogens with one attached hydrogen (secondary N) is 2. The number of aliphatic imine (C=N–C) groups is 3. The fourth-order valence-electron chi connectivity index (χ4n) is 2.51. The Balaban J connectivity index is 3.13. The zero-order valence-electron chi connectivity index (χ0n) is 19.1. The van der Waals surface area contributed by atoms with Crippen molar-refractivity contribution in [2.45, 2.75) is 19.1 Å². The van der Waals surface area contributed by atoms with Gasteiger partial charge in [0.15, 0.2) is 5.88 Å². The summed E-state index contributed by atoms with van der Waals surface area (Å²) in [7, 11) is 1.66. The molecule has 0 amide bonds. The van der Waals surface area contributed by atoms with Gasteiger partial charge in [-0.2, -0.15) is 0 Å². The van der Waals surface area contributed by atoms with E-state index >= 15 is 0 Å². The monoisotopic (exact) mass is 464 g/mol. The molecule has 9 heteroatoms. The van der Waals surface area contributed by atoms with Gasteiger partial charge in [0.05, 0.1) is 6.54 Å². The van der Waals surface area contributed by atoms with Gasteiger partial charge in [-0.3, -0.25) is 15.0 Å². The molecule has 0 aliphatic heterocycles. The number of nitrogens with two attached hydrogens (primary N) is 1. The Morgan fingerprint density at radius 3 is 2.79 bits per heavy atom. The third-order valence-corrected chi connectivity index (χ3v) is 4.18. The maximum absolute atomic E-state index is 13.9. The number of nitrogens with zero attached hydrogens (tertiary/aromatic N) is 3. The van der Waals surface area contributed by atoms with Gasteiger partial charge in [-0.25, -0.2) is 9.18 Å². The van der Waals surface area contributed by atoms with Gasteiger partial charge in [0.2, 0.25) is 0 Å². The van der Waals surface area contributed by atoms with Crippen LogP contribution in [0.5, 0.6) is 5.75 Å². The van der Waals surface area contributed by atoms with Gasteiger partial charge >= 0.3 is 0 Å². The number of allylic oxidation sites excluding steroid dienone is 4. The third kappa shape index (κ3) is 10.4. The van der Waals surface area contributed by atoms with Gasteiger partial charge < -0.3 is 21.2 Å². The lowest BCUT2D eigenvalue weighted by Gasteiger charge is -2.14. The van der Waals surface area contributed by atoms with Crippen LogP contribution in [0.25, 0.3) is 6.08 Å². The third-order valence-electron chi connectivity index (χ3n) is 4.18. The minimum Gasteiger partial charge on any atom is -0.441 e. The molecule has 0 saturated heterocycles. The molecule has 0 aliphatic carbocycles. The number of halogens is 1. The number of hydrogen-bond acceptors (Lipinski definition) is 8. The van der Waals surface area contributed by atoms with E-state index in [2.05, 4.69) is 33.7 Å². The van der Waals surface area contributed by atoms with E-state index in [1.165, 1.54) is 18.5 Å². The molecule has 8 nitrogen and oxygen atoms in total. The van der Waals surface area contributed by atoms with Gasteiger partial charge in [-0.15, -0.1) is 0 Å². The molecular weight excluding hydrogens is 435 g/mol. The van der Waals surface area contributed by atoms with Crippen LogP contribution < -0.4 is 15.8 Å². The largest absolute Gasteiger partial charge is 0.441 e. The number of rotatable bonds is 15. The number of carbonyl (C=O) groups excluding carboxylic acids is 1. The minimum absolute atomic E-state index is 0.160. The van der Waals surface area contributed by atoms with Crippen LogP contribution in [0.1, 0.15) is 17.5 Å². The van der Waals surface area contributed by atoms with Crippen molar-refractivity contribution >= 4 is 37.4 Å². The van der Waals surface area contributed by atoms with Crippen LogP contribution in [0.15, 0.2) is 81.3 Å². The van der Waals surface area contributed by atoms with Crippen molar-refractivity contribution < 1.29 is 13.9 Å². The molecule has 0 aromatic heterocycles. The van der Waals surface area contributed by atoms with Gasteiger partial charge in [-0.1, -0.05) is 24.3 Å². The first-order chi connectivity index (χ1) is 16.5. The van der Waals surface area contributed by atoms with Gasteiger partial charge in [0, 0.05) is 67.6 Å². The smallest absolute Gasteiger partial charge is 0.194 e. The van der Waals surface area contributed by atoms with E-state index in [0.717, 1.165) is 0 Å². The second-order valence-corrected chi connectivity index (χ2v) is 6.66. The zero-order chi connectivity index (χ0) is 25.2. The van der Waals surface area contributed by atoms with Crippen LogP contribution in [-0.2, 0) is 11.3 Å². The molecule has 1 atom stereocenters. The van der Waals surface area contributed by atoms with E-state index in [-0.39, 0.29) is 18.7 Å². The fraction of sp³-hybridized carbons (Fsp3) is 0.200. The molecule has 4 N–H and O–H groups in total. The highest BCUT2D eigenvalue weighted by Crippen LogP contribution is 2.24. The Kier molecular flexibility index (Phi) is 13.5. The molecule has 0 radical (unpaired) electrons. The van der Waals surface area contributed by atoms with Crippen LogP contribution in [-0.4, -0.2) is 51.1 Å². The fourth-order valence-corrected chi connectivity index (χ4v) is 2.51. The Labute approximate surface area is 199 Å². The van der Waals surface area contributed by atoms with Crippen molar-refractivity contribution in [3.8, 4) is 5.75 Å². The molecule has 1 unspecified atom stereocenters. The van der Waals surface area contributed by atoms with E-state index in [9.17, 15) is 9.18 Å². The first-order valence-electron chi connectivity index (χ1n) is 10.2. The van der Waals surface area contributed by atoms with Crippen LogP contribution in [0.3, 0.4) is 0 Å². The SMILES string of the molecule is C=N/C=C\C=C/CC(=N)/C=C(\NC)Oc1cc(C=C=O)ccc1C/N=C\C(=C/N=C)C(F)CN. The summed E-state index contributed by atoms with van der Waals surface area (Å²) in [5.41, 5.74) is 7.13. The average molecular weight is 465 g/mol. The Morgan fingerprint density at radius 2 is 2.15 bits per heavy atom. The second kappa shape index (κ2) is 16.4. The van der Waals surface area contributed by atoms with Gasteiger partial charge in [0.1, 0.15) is 17.9 Å². The predicted molar refractivity (Wildman–Crippen MR) is 138 cm³/mol. The number of alkyl halides is 1. The molecule has 0 heterocycles. The lowest BCUT2D eigenvalue weighted by molar-refractivity contribution is 0.389. The molecule has 1 rings (SSSR count). The van der Waals surface area contributed by atoms with Crippen LogP contribution in [0, 0.1) is 5.41 Å². The van der Waals surface area contributed by atoms with Crippen molar-refractivity contribution in [2.75, 3.05) is 13.6 Å². The average Bonchev–Trinajstić information content (AvgIpc) is 2.83. The summed E-state index contributed by atoms with van der Waals surface area (Å²) in [6.07, 6.45) is 11.2. The highest BCUT2D eigenvalue weighted by atomic mass is 19.1. The van der Waals surface area contributed by atoms with Crippen molar-refractivity contribution in [3.05, 3.63) is 77.5 Å². The molecule has 178 valence electrons. The van der Waals surface area contributed by atoms with Crippen molar-refractivity contribution in [1.29, 1.82) is 5.41 Å². The molecule has 0 aliphatic rings. The Morgan fingerprint density at radius 1 is 1.35 bits per heavy atom. The summed E-state index contributed by atoms with van der Waals surface area (Å²) >= 11 is 0. The molecule has 0 fully saturated rings. The van der Waals surface area contributed by atoms with Crippen LogP contribution in [0.4, 0.5) is 4.39 Å². The first kappa shape index (κ1) is 27.8. The lowest BCUT2D eigenvalue weighted by atomic mass is 10.1. The maximum atomic E-state index is 13.9. The Hall–Kier alpha value is -4.20. The van der Waals surface area contributed by atoms with Crippen molar-refractivity contribution in [1.82, 2.24) is 5.32 Å². The zero-order valence-corrected chi connectivity index (χ0v) is 19.1. The van der Waals surface area contributed by atoms with Crippen LogP contribution >= 0.6 is 0 Å². The summed E-state index contributed by atoms with van der Waals surface area (Å²) in [4.78, 5) is 22.2. The molecule has 0 saturated carbocycles. The quantitative estimate of drug-likeness (QED) is 0.159. The van der Waals surface area contributed by atoms with Crippen LogP contribution in [0.2, 0.25) is 0 Å². The number of benzene rings is 1. The lowest BCUT2D eigenvalue weighted by Crippen LogP contribution is -2.18. The number of ether oxygens (including phenoxy) is 1. The normalized spacial score (nSPS) is 13.1. The number of hydrogen-bond donors (Lipinski definition) is 3. The van der Waals surface area contributed by atoms with Crippen molar-refractivity contribution in [3.63, 3.8) is 0 Å². The first-order valence-corrected chi connectivity index (χ1v) is 10.2. The standard InChI is InChI=1S/C25H29FN6O2/c1-29-11-6-4-5-7-22(28)14-25(31-3)34-24-13-19(10-12-33)8-9-20(24)17-32-18-21(16-30-2)23(26)15-27/h4-6,8-11,13-14,16,18,23,28,31H,1-2,7,15,17,27H2,3H3/b5-4-,11-6-,21-16+,25-14+,28-22?,32-18-. The minimum atomic E-state index is -1.41. The van der Waals surface area contributed by atoms with Crippen molar-refractivity contribution in [2.24, 2.45) is 20.7 Å². The molecule has 0 spiro atoms. The van der Waals surface area contributed by atoms with E-state index in [1.54, 1.807) is 61.7 Å². The topological polar surface area (TPSA) is 125 Å². The van der Waals surface area contributed by atoms with Gasteiger partial charge in [0.25, 0.3) is 0 Å². The summed E-state index contributed by atoms with van der Waals surface area (Å²) in [6, 6.07) is 5.10. The Bertz CT molecular complexity index is 1050. The predicted octanol–water partition coefficient (Wildman–Crippen LogP) is 3.60. The van der Waals surface area contributed by atoms with Gasteiger partial charge in [-0.05, 0) is 31.1 Å². The summed E-state index contributed by atoms with van der Waals surface area (Å²) < 4.78 is 19.9. The van der Waals surface area contributed by atoms with E-state index in [4.69, 9.17) is 15.9 Å². The second-order valence-electron chi connectivity index (χ2n) is 6.66. The molecule has 1 aromatic rings. The van der Waals surface area contributed by atoms with E-state index in [1.807, 2.05) is 0 Å².